The first-order chi connectivity index (χ1) is 10.3. The van der Waals surface area contributed by atoms with Crippen molar-refractivity contribution in [2.75, 3.05) is 0 Å². The molecule has 116 valence electrons. The highest BCUT2D eigenvalue weighted by Crippen LogP contribution is 2.42. The average molecular weight is 347 g/mol. The summed E-state index contributed by atoms with van der Waals surface area (Å²) in [6.45, 7) is 11.4. The van der Waals surface area contributed by atoms with Gasteiger partial charge in [0, 0.05) is 29.3 Å². The molecule has 3 rings (SSSR count). The Kier molecular flexibility index (Phi) is 4.32. The Morgan fingerprint density at radius 1 is 0.682 bits per heavy atom. The topological polar surface area (TPSA) is 0 Å². The zero-order chi connectivity index (χ0) is 15.9. The quantitative estimate of drug-likeness (QED) is 0.457. The molecule has 0 aromatic carbocycles. The van der Waals surface area contributed by atoms with Crippen molar-refractivity contribution >= 4 is 34.0 Å². The summed E-state index contributed by atoms with van der Waals surface area (Å²) in [7, 11) is 0. The molecule has 0 nitrogen and oxygen atoms in total. The van der Waals surface area contributed by atoms with Crippen LogP contribution in [0.5, 0.6) is 0 Å². The van der Waals surface area contributed by atoms with Gasteiger partial charge in [0.05, 0.1) is 0 Å². The summed E-state index contributed by atoms with van der Waals surface area (Å²) in [5, 5.41) is 0. The van der Waals surface area contributed by atoms with E-state index < -0.39 is 0 Å². The summed E-state index contributed by atoms with van der Waals surface area (Å²) in [6, 6.07) is 13.6. The third kappa shape index (κ3) is 3.22. The second-order valence-corrected chi connectivity index (χ2v) is 10.2. The molecule has 0 unspecified atom stereocenters. The molecule has 3 heterocycles. The van der Waals surface area contributed by atoms with Crippen LogP contribution in [0.15, 0.2) is 36.4 Å². The monoisotopic (exact) mass is 346 g/mol. The molecule has 0 fully saturated rings. The molecule has 0 aliphatic rings. The first-order valence-corrected chi connectivity index (χ1v) is 10.1. The van der Waals surface area contributed by atoms with Crippen molar-refractivity contribution in [1.82, 2.24) is 0 Å². The summed E-state index contributed by atoms with van der Waals surface area (Å²) in [5.74, 6) is 0.616. The highest BCUT2D eigenvalue weighted by molar-refractivity contribution is 7.26. The Labute approximate surface area is 145 Å². The standard InChI is InChI=1S/C19H22S3/c1-12(2)13-6-7-14(20-13)15-8-9-16(21-15)17-10-11-18(22-17)19(3,4)5/h6-12H,1-5H3. The average Bonchev–Trinajstić information content (AvgIpc) is 3.17. The summed E-state index contributed by atoms with van der Waals surface area (Å²) < 4.78 is 0. The molecule has 0 aliphatic carbocycles. The molecule has 0 radical (unpaired) electrons. The second kappa shape index (κ2) is 5.95. The van der Waals surface area contributed by atoms with E-state index in [0.717, 1.165) is 0 Å². The Balaban J connectivity index is 1.88. The van der Waals surface area contributed by atoms with Crippen molar-refractivity contribution in [1.29, 1.82) is 0 Å². The number of thiophene rings is 3. The molecule has 22 heavy (non-hydrogen) atoms. The van der Waals surface area contributed by atoms with Gasteiger partial charge in [-0.1, -0.05) is 34.6 Å². The Bertz CT molecular complexity index is 763. The van der Waals surface area contributed by atoms with Gasteiger partial charge >= 0.3 is 0 Å². The molecule has 3 aromatic heterocycles. The molecular formula is C19H22S3. The zero-order valence-corrected chi connectivity index (χ0v) is 16.2. The molecule has 0 saturated heterocycles. The Morgan fingerprint density at radius 2 is 1.18 bits per heavy atom. The minimum absolute atomic E-state index is 0.239. The van der Waals surface area contributed by atoms with E-state index in [1.165, 1.54) is 29.3 Å². The predicted octanol–water partition coefficient (Wildman–Crippen LogP) is 7.63. The van der Waals surface area contributed by atoms with Crippen molar-refractivity contribution in [3.05, 3.63) is 46.2 Å². The largest absolute Gasteiger partial charge is 0.139 e. The van der Waals surface area contributed by atoms with Gasteiger partial charge in [-0.25, -0.2) is 0 Å². The number of hydrogen-bond acceptors (Lipinski definition) is 3. The summed E-state index contributed by atoms with van der Waals surface area (Å²) in [4.78, 5) is 8.48. The third-order valence-electron chi connectivity index (χ3n) is 3.63. The van der Waals surface area contributed by atoms with Crippen LogP contribution < -0.4 is 0 Å². The molecule has 0 bridgehead atoms. The van der Waals surface area contributed by atoms with Gasteiger partial charge in [0.1, 0.15) is 0 Å². The van der Waals surface area contributed by atoms with Gasteiger partial charge in [0.2, 0.25) is 0 Å². The molecule has 3 aromatic rings. The van der Waals surface area contributed by atoms with Gasteiger partial charge in [-0.05, 0) is 47.7 Å². The van der Waals surface area contributed by atoms with Crippen molar-refractivity contribution in [3.8, 4) is 19.5 Å². The van der Waals surface area contributed by atoms with Gasteiger partial charge in [-0.15, -0.1) is 34.0 Å². The van der Waals surface area contributed by atoms with E-state index in [4.69, 9.17) is 0 Å². The van der Waals surface area contributed by atoms with E-state index in [0.29, 0.717) is 5.92 Å². The molecule has 0 amide bonds. The van der Waals surface area contributed by atoms with E-state index in [2.05, 4.69) is 71.0 Å². The molecule has 0 N–H and O–H groups in total. The predicted molar refractivity (Wildman–Crippen MR) is 104 cm³/mol. The molecular weight excluding hydrogens is 324 g/mol. The Hall–Kier alpha value is -0.900. The van der Waals surface area contributed by atoms with Gasteiger partial charge in [-0.2, -0.15) is 0 Å². The van der Waals surface area contributed by atoms with Gasteiger partial charge in [0.15, 0.2) is 0 Å². The van der Waals surface area contributed by atoms with Crippen LogP contribution in [-0.4, -0.2) is 0 Å². The van der Waals surface area contributed by atoms with Gasteiger partial charge in [0.25, 0.3) is 0 Å². The minimum Gasteiger partial charge on any atom is -0.139 e. The highest BCUT2D eigenvalue weighted by Gasteiger charge is 2.17. The fourth-order valence-corrected chi connectivity index (χ4v) is 5.53. The first-order valence-electron chi connectivity index (χ1n) is 7.65. The molecule has 0 atom stereocenters. The van der Waals surface area contributed by atoms with E-state index in [-0.39, 0.29) is 5.41 Å². The van der Waals surface area contributed by atoms with Crippen molar-refractivity contribution in [3.63, 3.8) is 0 Å². The lowest BCUT2D eigenvalue weighted by Gasteiger charge is -2.15. The third-order valence-corrected chi connectivity index (χ3v) is 8.01. The van der Waals surface area contributed by atoms with Crippen LogP contribution in [0.1, 0.15) is 50.3 Å². The smallest absolute Gasteiger partial charge is 0.0449 e. The van der Waals surface area contributed by atoms with E-state index in [1.54, 1.807) is 0 Å². The van der Waals surface area contributed by atoms with Crippen molar-refractivity contribution in [2.24, 2.45) is 0 Å². The molecule has 0 saturated carbocycles. The Morgan fingerprint density at radius 3 is 1.68 bits per heavy atom. The van der Waals surface area contributed by atoms with E-state index in [1.807, 2.05) is 34.0 Å². The lowest BCUT2D eigenvalue weighted by molar-refractivity contribution is 0.604. The summed E-state index contributed by atoms with van der Waals surface area (Å²) in [5.41, 5.74) is 0.239. The maximum Gasteiger partial charge on any atom is 0.0449 e. The SMILES string of the molecule is CC(C)c1ccc(-c2ccc(-c3ccc(C(C)(C)C)s3)s2)s1. The van der Waals surface area contributed by atoms with Crippen LogP contribution in [0, 0.1) is 0 Å². The maximum atomic E-state index is 2.28. The van der Waals surface area contributed by atoms with Crippen molar-refractivity contribution < 1.29 is 0 Å². The van der Waals surface area contributed by atoms with Crippen LogP contribution in [0.2, 0.25) is 0 Å². The zero-order valence-electron chi connectivity index (χ0n) is 13.8. The fraction of sp³-hybridized carbons (Fsp3) is 0.368. The van der Waals surface area contributed by atoms with Crippen LogP contribution in [-0.2, 0) is 5.41 Å². The van der Waals surface area contributed by atoms with Crippen LogP contribution in [0.3, 0.4) is 0 Å². The van der Waals surface area contributed by atoms with Crippen LogP contribution in [0.4, 0.5) is 0 Å². The minimum atomic E-state index is 0.239. The van der Waals surface area contributed by atoms with E-state index >= 15 is 0 Å². The number of rotatable bonds is 3. The van der Waals surface area contributed by atoms with Gasteiger partial charge in [-0.3, -0.25) is 0 Å². The highest BCUT2D eigenvalue weighted by atomic mass is 32.1. The molecule has 0 spiro atoms. The van der Waals surface area contributed by atoms with Crippen molar-refractivity contribution in [2.45, 2.75) is 46.0 Å². The number of hydrogen-bond donors (Lipinski definition) is 0. The van der Waals surface area contributed by atoms with Crippen LogP contribution >= 0.6 is 34.0 Å². The normalized spacial score (nSPS) is 12.3. The van der Waals surface area contributed by atoms with Gasteiger partial charge < -0.3 is 0 Å². The second-order valence-electron chi connectivity index (χ2n) is 6.93. The molecule has 3 heteroatoms. The maximum absolute atomic E-state index is 2.28. The first kappa shape index (κ1) is 16.0. The lowest BCUT2D eigenvalue weighted by Crippen LogP contribution is -2.07. The fourth-order valence-electron chi connectivity index (χ4n) is 2.27. The lowest BCUT2D eigenvalue weighted by atomic mass is 9.95. The summed E-state index contributed by atoms with van der Waals surface area (Å²) in [6.07, 6.45) is 0. The molecule has 0 aliphatic heterocycles. The van der Waals surface area contributed by atoms with Crippen LogP contribution in [0.25, 0.3) is 19.5 Å². The summed E-state index contributed by atoms with van der Waals surface area (Å²) >= 11 is 5.76. The van der Waals surface area contributed by atoms with E-state index in [9.17, 15) is 0 Å².